The van der Waals surface area contributed by atoms with Gasteiger partial charge >= 0.3 is 0 Å². The Morgan fingerprint density at radius 2 is 2.05 bits per heavy atom. The van der Waals surface area contributed by atoms with Gasteiger partial charge in [-0.2, -0.15) is 5.26 Å². The molecule has 0 aromatic carbocycles. The fourth-order valence-corrected chi connectivity index (χ4v) is 3.18. The molecule has 1 aromatic heterocycles. The van der Waals surface area contributed by atoms with Crippen molar-refractivity contribution in [1.82, 2.24) is 14.6 Å². The summed E-state index contributed by atoms with van der Waals surface area (Å²) in [5, 5.41) is 8.63. The SMILES string of the molecule is N#Cc1ccc(S(=O)(=O)NCCN2CCCCC2)cn1. The van der Waals surface area contributed by atoms with Crippen molar-refractivity contribution in [3.63, 3.8) is 0 Å². The highest BCUT2D eigenvalue weighted by Gasteiger charge is 2.15. The molecular formula is C13H18N4O2S. The van der Waals surface area contributed by atoms with Gasteiger partial charge < -0.3 is 4.90 Å². The smallest absolute Gasteiger partial charge is 0.242 e. The average Bonchev–Trinajstić information content (AvgIpc) is 2.48. The predicted molar refractivity (Wildman–Crippen MR) is 74.4 cm³/mol. The summed E-state index contributed by atoms with van der Waals surface area (Å²) in [4.78, 5) is 6.13. The number of piperidine rings is 1. The highest BCUT2D eigenvalue weighted by atomic mass is 32.2. The van der Waals surface area contributed by atoms with Gasteiger partial charge in [0.05, 0.1) is 0 Å². The molecule has 1 N–H and O–H groups in total. The van der Waals surface area contributed by atoms with Gasteiger partial charge in [-0.1, -0.05) is 6.42 Å². The molecule has 2 heterocycles. The Labute approximate surface area is 119 Å². The van der Waals surface area contributed by atoms with Crippen LogP contribution in [0.15, 0.2) is 23.2 Å². The molecule has 0 bridgehead atoms. The topological polar surface area (TPSA) is 86.1 Å². The molecule has 0 amide bonds. The first kappa shape index (κ1) is 14.9. The summed E-state index contributed by atoms with van der Waals surface area (Å²) in [6.07, 6.45) is 4.85. The molecule has 0 aliphatic carbocycles. The van der Waals surface area contributed by atoms with Crippen LogP contribution in [0.1, 0.15) is 25.0 Å². The predicted octanol–water partition coefficient (Wildman–Crippen LogP) is 0.717. The second-order valence-corrected chi connectivity index (χ2v) is 6.56. The van der Waals surface area contributed by atoms with Gasteiger partial charge in [-0.15, -0.1) is 0 Å². The van der Waals surface area contributed by atoms with Gasteiger partial charge in [0.15, 0.2) is 0 Å². The summed E-state index contributed by atoms with van der Waals surface area (Å²) < 4.78 is 26.6. The van der Waals surface area contributed by atoms with Crippen molar-refractivity contribution in [2.45, 2.75) is 24.2 Å². The monoisotopic (exact) mass is 294 g/mol. The quantitative estimate of drug-likeness (QED) is 0.864. The Bertz CT molecular complexity index is 571. The zero-order valence-corrected chi connectivity index (χ0v) is 12.1. The molecule has 0 spiro atoms. The molecular weight excluding hydrogens is 276 g/mol. The van der Waals surface area contributed by atoms with Gasteiger partial charge in [-0.25, -0.2) is 18.1 Å². The summed E-state index contributed by atoms with van der Waals surface area (Å²) in [5.74, 6) is 0. The van der Waals surface area contributed by atoms with E-state index < -0.39 is 10.0 Å². The van der Waals surface area contributed by atoms with Gasteiger partial charge in [0.1, 0.15) is 16.7 Å². The van der Waals surface area contributed by atoms with Gasteiger partial charge in [-0.3, -0.25) is 0 Å². The standard InChI is InChI=1S/C13H18N4O2S/c14-10-12-4-5-13(11-15-12)20(18,19)16-6-9-17-7-2-1-3-8-17/h4-5,11,16H,1-3,6-9H2. The molecule has 7 heteroatoms. The lowest BCUT2D eigenvalue weighted by Crippen LogP contribution is -2.37. The second-order valence-electron chi connectivity index (χ2n) is 4.79. The van der Waals surface area contributed by atoms with Crippen LogP contribution in [0, 0.1) is 11.3 Å². The molecule has 0 radical (unpaired) electrons. The van der Waals surface area contributed by atoms with Crippen LogP contribution < -0.4 is 4.72 Å². The molecule has 0 saturated carbocycles. The number of nitrogens with one attached hydrogen (secondary N) is 1. The minimum absolute atomic E-state index is 0.0927. The highest BCUT2D eigenvalue weighted by Crippen LogP contribution is 2.09. The van der Waals surface area contributed by atoms with E-state index in [0.717, 1.165) is 19.6 Å². The van der Waals surface area contributed by atoms with Gasteiger partial charge in [0.25, 0.3) is 0 Å². The Morgan fingerprint density at radius 1 is 1.30 bits per heavy atom. The minimum Gasteiger partial charge on any atom is -0.302 e. The maximum Gasteiger partial charge on any atom is 0.242 e. The number of nitrogens with zero attached hydrogens (tertiary/aromatic N) is 3. The zero-order chi connectivity index (χ0) is 14.4. The van der Waals surface area contributed by atoms with Crippen LogP contribution in [0.4, 0.5) is 0 Å². The minimum atomic E-state index is -3.53. The lowest BCUT2D eigenvalue weighted by Gasteiger charge is -2.26. The molecule has 1 fully saturated rings. The first-order chi connectivity index (χ1) is 9.62. The second kappa shape index (κ2) is 6.79. The molecule has 20 heavy (non-hydrogen) atoms. The number of sulfonamides is 1. The van der Waals surface area contributed by atoms with Gasteiger partial charge in [0, 0.05) is 19.3 Å². The van der Waals surface area contributed by atoms with E-state index in [1.807, 2.05) is 6.07 Å². The number of hydrogen-bond donors (Lipinski definition) is 1. The lowest BCUT2D eigenvalue weighted by atomic mass is 10.1. The van der Waals surface area contributed by atoms with E-state index in [1.54, 1.807) is 0 Å². The van der Waals surface area contributed by atoms with E-state index in [4.69, 9.17) is 5.26 Å². The van der Waals surface area contributed by atoms with Crippen LogP contribution >= 0.6 is 0 Å². The molecule has 1 aliphatic heterocycles. The summed E-state index contributed by atoms with van der Waals surface area (Å²) in [7, 11) is -3.53. The fourth-order valence-electron chi connectivity index (χ4n) is 2.21. The van der Waals surface area contributed by atoms with Crippen molar-refractivity contribution in [3.8, 4) is 6.07 Å². The third kappa shape index (κ3) is 4.00. The van der Waals surface area contributed by atoms with Gasteiger partial charge in [0.2, 0.25) is 10.0 Å². The van der Waals surface area contributed by atoms with Crippen LogP contribution in [0.2, 0.25) is 0 Å². The van der Waals surface area contributed by atoms with E-state index in [9.17, 15) is 8.42 Å². The van der Waals surface area contributed by atoms with E-state index in [0.29, 0.717) is 6.54 Å². The van der Waals surface area contributed by atoms with Crippen molar-refractivity contribution in [2.24, 2.45) is 0 Å². The Hall–Kier alpha value is -1.49. The molecule has 6 nitrogen and oxygen atoms in total. The van der Waals surface area contributed by atoms with Crippen molar-refractivity contribution in [2.75, 3.05) is 26.2 Å². The number of likely N-dealkylation sites (tertiary alicyclic amines) is 1. The first-order valence-corrected chi connectivity index (χ1v) is 8.18. The number of pyridine rings is 1. The average molecular weight is 294 g/mol. The molecule has 1 aromatic rings. The molecule has 1 saturated heterocycles. The zero-order valence-electron chi connectivity index (χ0n) is 11.2. The Kier molecular flexibility index (Phi) is 5.06. The Morgan fingerprint density at radius 3 is 2.65 bits per heavy atom. The molecule has 0 atom stereocenters. The summed E-state index contributed by atoms with van der Waals surface area (Å²) in [6, 6.07) is 4.66. The van der Waals surface area contributed by atoms with Crippen LogP contribution in [0.25, 0.3) is 0 Å². The van der Waals surface area contributed by atoms with Crippen molar-refractivity contribution in [1.29, 1.82) is 5.26 Å². The summed E-state index contributed by atoms with van der Waals surface area (Å²) in [5.41, 5.74) is 0.206. The van der Waals surface area contributed by atoms with Crippen LogP contribution in [0.3, 0.4) is 0 Å². The summed E-state index contributed by atoms with van der Waals surface area (Å²) >= 11 is 0. The lowest BCUT2D eigenvalue weighted by molar-refractivity contribution is 0.233. The number of nitriles is 1. The Balaban J connectivity index is 1.88. The molecule has 0 unspecified atom stereocenters. The largest absolute Gasteiger partial charge is 0.302 e. The van der Waals surface area contributed by atoms with Crippen molar-refractivity contribution in [3.05, 3.63) is 24.0 Å². The van der Waals surface area contributed by atoms with E-state index in [1.165, 1.54) is 37.6 Å². The van der Waals surface area contributed by atoms with Crippen LogP contribution in [-0.2, 0) is 10.0 Å². The number of rotatable bonds is 5. The number of hydrogen-bond acceptors (Lipinski definition) is 5. The molecule has 2 rings (SSSR count). The van der Waals surface area contributed by atoms with E-state index >= 15 is 0 Å². The first-order valence-electron chi connectivity index (χ1n) is 6.70. The third-order valence-corrected chi connectivity index (χ3v) is 4.78. The highest BCUT2D eigenvalue weighted by molar-refractivity contribution is 7.89. The van der Waals surface area contributed by atoms with Gasteiger partial charge in [-0.05, 0) is 38.1 Å². The third-order valence-electron chi connectivity index (χ3n) is 3.33. The maximum absolute atomic E-state index is 12.0. The van der Waals surface area contributed by atoms with Crippen LogP contribution in [0.5, 0.6) is 0 Å². The molecule has 1 aliphatic rings. The van der Waals surface area contributed by atoms with E-state index in [-0.39, 0.29) is 10.6 Å². The van der Waals surface area contributed by atoms with Crippen LogP contribution in [-0.4, -0.2) is 44.5 Å². The van der Waals surface area contributed by atoms with Crippen molar-refractivity contribution >= 4 is 10.0 Å². The van der Waals surface area contributed by atoms with Crippen molar-refractivity contribution < 1.29 is 8.42 Å². The van der Waals surface area contributed by atoms with E-state index in [2.05, 4.69) is 14.6 Å². The number of aromatic nitrogens is 1. The maximum atomic E-state index is 12.0. The summed E-state index contributed by atoms with van der Waals surface area (Å²) in [6.45, 7) is 3.20. The normalized spacial score (nSPS) is 16.8. The molecule has 108 valence electrons. The fraction of sp³-hybridized carbons (Fsp3) is 0.538.